The van der Waals surface area contributed by atoms with Crippen LogP contribution in [0, 0.1) is 0 Å². The van der Waals surface area contributed by atoms with Gasteiger partial charge in [-0.15, -0.1) is 0 Å². The van der Waals surface area contributed by atoms with E-state index in [4.69, 9.17) is 5.73 Å². The van der Waals surface area contributed by atoms with Crippen LogP contribution in [0.3, 0.4) is 0 Å². The van der Waals surface area contributed by atoms with E-state index in [2.05, 4.69) is 19.2 Å². The highest BCUT2D eigenvalue weighted by Crippen LogP contribution is 2.07. The highest BCUT2D eigenvalue weighted by molar-refractivity contribution is 5.81. The van der Waals surface area contributed by atoms with Gasteiger partial charge >= 0.3 is 0 Å². The van der Waals surface area contributed by atoms with Crippen LogP contribution < -0.4 is 11.1 Å². The number of nitrogens with one attached hydrogen (secondary N) is 1. The second-order valence-corrected chi connectivity index (χ2v) is 5.51. The topological polar surface area (TPSA) is 55.1 Å². The molecule has 0 radical (unpaired) electrons. The molecule has 0 aromatic carbocycles. The van der Waals surface area contributed by atoms with Gasteiger partial charge in [-0.25, -0.2) is 0 Å². The lowest BCUT2D eigenvalue weighted by molar-refractivity contribution is -0.122. The number of carbonyl (C=O) groups excluding carboxylic acids is 1. The molecule has 3 heteroatoms. The van der Waals surface area contributed by atoms with Crippen LogP contribution in [0.25, 0.3) is 0 Å². The Hall–Kier alpha value is -0.570. The molecule has 3 nitrogen and oxygen atoms in total. The molecule has 1 atom stereocenters. The molecule has 0 heterocycles. The fourth-order valence-corrected chi connectivity index (χ4v) is 2.16. The largest absolute Gasteiger partial charge is 0.355 e. The summed E-state index contributed by atoms with van der Waals surface area (Å²) in [5, 5.41) is 2.94. The number of carbonyl (C=O) groups is 1. The van der Waals surface area contributed by atoms with Crippen molar-refractivity contribution in [3.05, 3.63) is 0 Å². The van der Waals surface area contributed by atoms with Gasteiger partial charge < -0.3 is 11.1 Å². The summed E-state index contributed by atoms with van der Waals surface area (Å²) in [6, 6.07) is -0.311. The summed E-state index contributed by atoms with van der Waals surface area (Å²) >= 11 is 0. The van der Waals surface area contributed by atoms with E-state index >= 15 is 0 Å². The predicted molar refractivity (Wildman–Crippen MR) is 83.1 cm³/mol. The second-order valence-electron chi connectivity index (χ2n) is 5.51. The molecule has 0 aromatic heterocycles. The molecule has 19 heavy (non-hydrogen) atoms. The van der Waals surface area contributed by atoms with Crippen molar-refractivity contribution in [2.45, 2.75) is 90.5 Å². The number of hydrogen-bond acceptors (Lipinski definition) is 2. The molecule has 0 aliphatic heterocycles. The van der Waals surface area contributed by atoms with Gasteiger partial charge in [0.25, 0.3) is 0 Å². The van der Waals surface area contributed by atoms with Gasteiger partial charge in [0.1, 0.15) is 0 Å². The number of nitrogens with two attached hydrogens (primary N) is 1. The van der Waals surface area contributed by atoms with Gasteiger partial charge in [0, 0.05) is 6.54 Å². The molecule has 0 unspecified atom stereocenters. The average molecular weight is 270 g/mol. The minimum absolute atomic E-state index is 0.0244. The van der Waals surface area contributed by atoms with Crippen LogP contribution in [-0.2, 0) is 4.79 Å². The minimum Gasteiger partial charge on any atom is -0.355 e. The SMILES string of the molecule is CCCCCCCCCCNC(=O)[C@@H](N)CCCC. The van der Waals surface area contributed by atoms with E-state index in [1.165, 1.54) is 44.9 Å². The Morgan fingerprint density at radius 2 is 1.42 bits per heavy atom. The van der Waals surface area contributed by atoms with Gasteiger partial charge in [0.05, 0.1) is 6.04 Å². The molecule has 0 saturated heterocycles. The first-order valence-corrected chi connectivity index (χ1v) is 8.25. The van der Waals surface area contributed by atoms with Gasteiger partial charge in [0.15, 0.2) is 0 Å². The van der Waals surface area contributed by atoms with Crippen molar-refractivity contribution < 1.29 is 4.79 Å². The molecule has 0 fully saturated rings. The third-order valence-corrected chi connectivity index (χ3v) is 3.54. The fourth-order valence-electron chi connectivity index (χ4n) is 2.16. The Bertz CT molecular complexity index is 207. The maximum absolute atomic E-state index is 11.6. The summed E-state index contributed by atoms with van der Waals surface area (Å²) in [5.74, 6) is 0.0244. The predicted octanol–water partition coefficient (Wildman–Crippen LogP) is 3.76. The summed E-state index contributed by atoms with van der Waals surface area (Å²) in [5.41, 5.74) is 5.80. The van der Waals surface area contributed by atoms with Crippen molar-refractivity contribution in [2.24, 2.45) is 5.73 Å². The standard InChI is InChI=1S/C16H34N2O/c1-3-5-7-8-9-10-11-12-14-18-16(19)15(17)13-6-4-2/h15H,3-14,17H2,1-2H3,(H,18,19)/t15-/m0/s1. The van der Waals surface area contributed by atoms with Crippen LogP contribution in [0.15, 0.2) is 0 Å². The van der Waals surface area contributed by atoms with Crippen molar-refractivity contribution in [1.82, 2.24) is 5.32 Å². The lowest BCUT2D eigenvalue weighted by atomic mass is 10.1. The molecule has 0 spiro atoms. The zero-order valence-electron chi connectivity index (χ0n) is 13.0. The van der Waals surface area contributed by atoms with E-state index < -0.39 is 0 Å². The molecule has 0 rings (SSSR count). The molecule has 1 amide bonds. The zero-order valence-corrected chi connectivity index (χ0v) is 13.0. The smallest absolute Gasteiger partial charge is 0.236 e. The molecule has 0 saturated carbocycles. The van der Waals surface area contributed by atoms with E-state index in [-0.39, 0.29) is 11.9 Å². The lowest BCUT2D eigenvalue weighted by Crippen LogP contribution is -2.40. The molecule has 0 aliphatic rings. The van der Waals surface area contributed by atoms with Crippen LogP contribution in [0.5, 0.6) is 0 Å². The van der Waals surface area contributed by atoms with E-state index in [1.807, 2.05) is 0 Å². The Labute approximate surface area is 119 Å². The molecule has 0 aromatic rings. The number of amides is 1. The van der Waals surface area contributed by atoms with E-state index in [0.717, 1.165) is 32.2 Å². The molecular formula is C16H34N2O. The highest BCUT2D eigenvalue weighted by Gasteiger charge is 2.11. The first-order valence-electron chi connectivity index (χ1n) is 8.25. The quantitative estimate of drug-likeness (QED) is 0.501. The van der Waals surface area contributed by atoms with Gasteiger partial charge in [-0.2, -0.15) is 0 Å². The van der Waals surface area contributed by atoms with Crippen LogP contribution in [-0.4, -0.2) is 18.5 Å². The zero-order chi connectivity index (χ0) is 14.3. The highest BCUT2D eigenvalue weighted by atomic mass is 16.2. The van der Waals surface area contributed by atoms with E-state index in [0.29, 0.717) is 0 Å². The van der Waals surface area contributed by atoms with Gasteiger partial charge in [-0.1, -0.05) is 71.6 Å². The second kappa shape index (κ2) is 13.9. The summed E-state index contributed by atoms with van der Waals surface area (Å²) < 4.78 is 0. The van der Waals surface area contributed by atoms with Gasteiger partial charge in [-0.3, -0.25) is 4.79 Å². The van der Waals surface area contributed by atoms with Crippen molar-refractivity contribution in [1.29, 1.82) is 0 Å². The molecule has 3 N–H and O–H groups in total. The lowest BCUT2D eigenvalue weighted by Gasteiger charge is -2.11. The summed E-state index contributed by atoms with van der Waals surface area (Å²) in [6.07, 6.45) is 13.3. The Morgan fingerprint density at radius 1 is 0.895 bits per heavy atom. The van der Waals surface area contributed by atoms with E-state index in [1.54, 1.807) is 0 Å². The molecule has 0 bridgehead atoms. The van der Waals surface area contributed by atoms with Crippen molar-refractivity contribution in [2.75, 3.05) is 6.54 Å². The van der Waals surface area contributed by atoms with E-state index in [9.17, 15) is 4.79 Å². The average Bonchev–Trinajstić information content (AvgIpc) is 2.42. The minimum atomic E-state index is -0.311. The molecule has 114 valence electrons. The molecular weight excluding hydrogens is 236 g/mol. The maximum atomic E-state index is 11.6. The van der Waals surface area contributed by atoms with Crippen LogP contribution in [0.2, 0.25) is 0 Å². The van der Waals surface area contributed by atoms with Crippen molar-refractivity contribution in [3.8, 4) is 0 Å². The fraction of sp³-hybridized carbons (Fsp3) is 0.938. The van der Waals surface area contributed by atoms with Crippen LogP contribution in [0.4, 0.5) is 0 Å². The van der Waals surface area contributed by atoms with Crippen molar-refractivity contribution in [3.63, 3.8) is 0 Å². The van der Waals surface area contributed by atoms with Crippen LogP contribution in [0.1, 0.15) is 84.5 Å². The Balaban J connectivity index is 3.27. The van der Waals surface area contributed by atoms with Crippen LogP contribution >= 0.6 is 0 Å². The number of unbranched alkanes of at least 4 members (excludes halogenated alkanes) is 8. The summed E-state index contributed by atoms with van der Waals surface area (Å²) in [4.78, 5) is 11.6. The van der Waals surface area contributed by atoms with Gasteiger partial charge in [0.2, 0.25) is 5.91 Å². The molecule has 0 aliphatic carbocycles. The normalized spacial score (nSPS) is 12.4. The number of rotatable bonds is 13. The maximum Gasteiger partial charge on any atom is 0.236 e. The first kappa shape index (κ1) is 18.4. The van der Waals surface area contributed by atoms with Crippen molar-refractivity contribution >= 4 is 5.91 Å². The van der Waals surface area contributed by atoms with Gasteiger partial charge in [-0.05, 0) is 12.8 Å². The Kier molecular flexibility index (Phi) is 13.4. The first-order chi connectivity index (χ1) is 9.22. The third kappa shape index (κ3) is 12.2. The third-order valence-electron chi connectivity index (χ3n) is 3.54. The summed E-state index contributed by atoms with van der Waals surface area (Å²) in [6.45, 7) is 5.15. The Morgan fingerprint density at radius 3 is 2.00 bits per heavy atom. The monoisotopic (exact) mass is 270 g/mol. The number of hydrogen-bond donors (Lipinski definition) is 2. The summed E-state index contributed by atoms with van der Waals surface area (Å²) in [7, 11) is 0.